The highest BCUT2D eigenvalue weighted by molar-refractivity contribution is 5.80. The summed E-state index contributed by atoms with van der Waals surface area (Å²) in [6.07, 6.45) is 3.09. The number of hydrogen-bond donors (Lipinski definition) is 1. The summed E-state index contributed by atoms with van der Waals surface area (Å²) >= 11 is 0. The first kappa shape index (κ1) is 16.8. The van der Waals surface area contributed by atoms with Gasteiger partial charge in [0.2, 0.25) is 0 Å². The van der Waals surface area contributed by atoms with Crippen molar-refractivity contribution in [2.75, 3.05) is 32.8 Å². The smallest absolute Gasteiger partial charge is 0.336 e. The molecule has 1 N–H and O–H groups in total. The molecule has 0 bridgehead atoms. The first-order valence-electron chi connectivity index (χ1n) is 9.30. The quantitative estimate of drug-likeness (QED) is 0.868. The summed E-state index contributed by atoms with van der Waals surface area (Å²) in [5, 5.41) is 4.47. The Balaban J connectivity index is 1.62. The maximum Gasteiger partial charge on any atom is 0.336 e. The molecule has 1 spiro atoms. The normalized spacial score (nSPS) is 21.0. The lowest BCUT2D eigenvalue weighted by Crippen LogP contribution is -2.55. The summed E-state index contributed by atoms with van der Waals surface area (Å²) in [6.45, 7) is 7.56. The second kappa shape index (κ2) is 6.90. The lowest BCUT2D eigenvalue weighted by Gasteiger charge is -2.45. The van der Waals surface area contributed by atoms with Gasteiger partial charge in [-0.2, -0.15) is 0 Å². The standard InChI is InChI=1S/C20H26N2O3/c1-2-15-3-4-18-17(11-15)16(12-19(23)25-18)13-22-9-10-24-20(14-22)5-7-21-8-6-20/h3-4,11-12,21H,2,5-10,13-14H2,1H3. The molecule has 2 aliphatic heterocycles. The third kappa shape index (κ3) is 3.50. The van der Waals surface area contributed by atoms with Crippen molar-refractivity contribution >= 4 is 11.0 Å². The molecule has 0 atom stereocenters. The summed E-state index contributed by atoms with van der Waals surface area (Å²) in [7, 11) is 0. The van der Waals surface area contributed by atoms with Crippen molar-refractivity contribution in [3.63, 3.8) is 0 Å². The summed E-state index contributed by atoms with van der Waals surface area (Å²) in [5.74, 6) is 0. The van der Waals surface area contributed by atoms with Crippen LogP contribution in [0.2, 0.25) is 0 Å². The van der Waals surface area contributed by atoms with E-state index in [0.717, 1.165) is 69.5 Å². The molecule has 25 heavy (non-hydrogen) atoms. The molecule has 3 heterocycles. The van der Waals surface area contributed by atoms with E-state index in [1.54, 1.807) is 6.07 Å². The van der Waals surface area contributed by atoms with Crippen molar-refractivity contribution < 1.29 is 9.15 Å². The van der Waals surface area contributed by atoms with E-state index in [1.165, 1.54) is 5.56 Å². The Morgan fingerprint density at radius 2 is 2.08 bits per heavy atom. The average Bonchev–Trinajstić information content (AvgIpc) is 2.62. The molecule has 0 radical (unpaired) electrons. The minimum Gasteiger partial charge on any atom is -0.423 e. The molecular weight excluding hydrogens is 316 g/mol. The SMILES string of the molecule is CCc1ccc2oc(=O)cc(CN3CCOC4(CCNCC4)C3)c2c1. The molecule has 2 fully saturated rings. The van der Waals surface area contributed by atoms with E-state index in [2.05, 4.69) is 23.2 Å². The van der Waals surface area contributed by atoms with Gasteiger partial charge in [0.1, 0.15) is 5.58 Å². The van der Waals surface area contributed by atoms with Crippen LogP contribution in [0.4, 0.5) is 0 Å². The predicted molar refractivity (Wildman–Crippen MR) is 97.9 cm³/mol. The van der Waals surface area contributed by atoms with Crippen LogP contribution in [-0.4, -0.2) is 43.3 Å². The molecule has 5 nitrogen and oxygen atoms in total. The van der Waals surface area contributed by atoms with Crippen LogP contribution in [0.5, 0.6) is 0 Å². The molecule has 1 aromatic heterocycles. The monoisotopic (exact) mass is 342 g/mol. The van der Waals surface area contributed by atoms with Gasteiger partial charge in [0, 0.05) is 31.1 Å². The molecule has 5 heteroatoms. The van der Waals surface area contributed by atoms with Gasteiger partial charge in [0.15, 0.2) is 0 Å². The summed E-state index contributed by atoms with van der Waals surface area (Å²) in [6, 6.07) is 7.78. The minimum atomic E-state index is -0.267. The Morgan fingerprint density at radius 3 is 2.88 bits per heavy atom. The fourth-order valence-electron chi connectivity index (χ4n) is 4.11. The van der Waals surface area contributed by atoms with Gasteiger partial charge < -0.3 is 14.5 Å². The number of hydrogen-bond acceptors (Lipinski definition) is 5. The second-order valence-electron chi connectivity index (χ2n) is 7.27. The van der Waals surface area contributed by atoms with Crippen molar-refractivity contribution in [3.8, 4) is 0 Å². The van der Waals surface area contributed by atoms with E-state index in [-0.39, 0.29) is 11.2 Å². The molecule has 1 aromatic carbocycles. The third-order valence-electron chi connectivity index (χ3n) is 5.54. The highest BCUT2D eigenvalue weighted by Crippen LogP contribution is 2.29. The molecule has 2 saturated heterocycles. The lowest BCUT2D eigenvalue weighted by atomic mass is 9.90. The fourth-order valence-corrected chi connectivity index (χ4v) is 4.11. The number of nitrogens with one attached hydrogen (secondary N) is 1. The van der Waals surface area contributed by atoms with Crippen molar-refractivity contribution in [1.82, 2.24) is 10.2 Å². The fraction of sp³-hybridized carbons (Fsp3) is 0.550. The number of fused-ring (bicyclic) bond motifs is 1. The summed E-state index contributed by atoms with van der Waals surface area (Å²) in [4.78, 5) is 14.4. The van der Waals surface area contributed by atoms with Gasteiger partial charge in [-0.25, -0.2) is 4.79 Å². The van der Waals surface area contributed by atoms with Gasteiger partial charge in [-0.15, -0.1) is 0 Å². The first-order valence-corrected chi connectivity index (χ1v) is 9.30. The molecular formula is C20H26N2O3. The molecule has 0 unspecified atom stereocenters. The number of piperidine rings is 1. The van der Waals surface area contributed by atoms with E-state index in [4.69, 9.17) is 9.15 Å². The second-order valence-corrected chi connectivity index (χ2v) is 7.27. The summed E-state index contributed by atoms with van der Waals surface area (Å²) in [5.41, 5.74) is 2.72. The summed E-state index contributed by atoms with van der Waals surface area (Å²) < 4.78 is 11.6. The van der Waals surface area contributed by atoms with Gasteiger partial charge in [-0.05, 0) is 55.6 Å². The van der Waals surface area contributed by atoms with Crippen LogP contribution in [0.15, 0.2) is 33.5 Å². The molecule has 134 valence electrons. The van der Waals surface area contributed by atoms with E-state index in [1.807, 2.05) is 12.1 Å². The van der Waals surface area contributed by atoms with Crippen LogP contribution in [0, 0.1) is 0 Å². The molecule has 0 saturated carbocycles. The van der Waals surface area contributed by atoms with Crippen LogP contribution in [0.3, 0.4) is 0 Å². The zero-order chi connectivity index (χ0) is 17.3. The van der Waals surface area contributed by atoms with Gasteiger partial charge >= 0.3 is 5.63 Å². The van der Waals surface area contributed by atoms with Crippen LogP contribution in [0.1, 0.15) is 30.9 Å². The molecule has 2 aromatic rings. The van der Waals surface area contributed by atoms with Gasteiger partial charge in [0.05, 0.1) is 12.2 Å². The maximum atomic E-state index is 12.0. The van der Waals surface area contributed by atoms with Crippen LogP contribution >= 0.6 is 0 Å². The van der Waals surface area contributed by atoms with Crippen molar-refractivity contribution in [3.05, 3.63) is 45.8 Å². The maximum absolute atomic E-state index is 12.0. The number of morpholine rings is 1. The predicted octanol–water partition coefficient (Wildman–Crippen LogP) is 2.31. The number of ether oxygens (including phenoxy) is 1. The van der Waals surface area contributed by atoms with Gasteiger partial charge in [-0.1, -0.05) is 13.0 Å². The zero-order valence-electron chi connectivity index (χ0n) is 14.8. The first-order chi connectivity index (χ1) is 12.2. The van der Waals surface area contributed by atoms with E-state index >= 15 is 0 Å². The van der Waals surface area contributed by atoms with Crippen LogP contribution < -0.4 is 10.9 Å². The average molecular weight is 342 g/mol. The number of benzene rings is 1. The highest BCUT2D eigenvalue weighted by atomic mass is 16.5. The molecule has 0 amide bonds. The van der Waals surface area contributed by atoms with Gasteiger partial charge in [0.25, 0.3) is 0 Å². The topological polar surface area (TPSA) is 54.7 Å². The molecule has 2 aliphatic rings. The Kier molecular flexibility index (Phi) is 4.63. The van der Waals surface area contributed by atoms with Crippen LogP contribution in [-0.2, 0) is 17.7 Å². The lowest BCUT2D eigenvalue weighted by molar-refractivity contribution is -0.125. The number of nitrogens with zero attached hydrogens (tertiary/aromatic N) is 1. The Morgan fingerprint density at radius 1 is 1.24 bits per heavy atom. The van der Waals surface area contributed by atoms with Crippen molar-refractivity contribution in [2.45, 2.75) is 38.3 Å². The van der Waals surface area contributed by atoms with Gasteiger partial charge in [-0.3, -0.25) is 4.90 Å². The Hall–Kier alpha value is -1.69. The third-order valence-corrected chi connectivity index (χ3v) is 5.54. The largest absolute Gasteiger partial charge is 0.423 e. The number of rotatable bonds is 3. The molecule has 4 rings (SSSR count). The Bertz CT molecular complexity index is 803. The van der Waals surface area contributed by atoms with Crippen molar-refractivity contribution in [2.24, 2.45) is 0 Å². The highest BCUT2D eigenvalue weighted by Gasteiger charge is 2.37. The van der Waals surface area contributed by atoms with Crippen molar-refractivity contribution in [1.29, 1.82) is 0 Å². The number of aryl methyl sites for hydroxylation is 1. The van der Waals surface area contributed by atoms with E-state index in [0.29, 0.717) is 5.58 Å². The molecule has 0 aliphatic carbocycles. The zero-order valence-corrected chi connectivity index (χ0v) is 14.8. The van der Waals surface area contributed by atoms with E-state index in [9.17, 15) is 4.79 Å². The minimum absolute atomic E-state index is 0.0205. The van der Waals surface area contributed by atoms with Crippen LogP contribution in [0.25, 0.3) is 11.0 Å². The van der Waals surface area contributed by atoms with E-state index < -0.39 is 0 Å². The Labute approximate surface area is 148 Å².